The van der Waals surface area contributed by atoms with E-state index in [1.165, 1.54) is 0 Å². The molecule has 0 heterocycles. The molecule has 0 aromatic heterocycles. The van der Waals surface area contributed by atoms with Crippen molar-refractivity contribution in [1.82, 2.24) is 4.72 Å². The van der Waals surface area contributed by atoms with E-state index in [0.717, 1.165) is 25.0 Å². The zero-order chi connectivity index (χ0) is 15.1. The number of benzene rings is 1. The average Bonchev–Trinajstić information content (AvgIpc) is 3.14. The summed E-state index contributed by atoms with van der Waals surface area (Å²) in [7, 11) is -4.15. The lowest BCUT2D eigenvalue weighted by atomic mass is 10.2. The second-order valence-electron chi connectivity index (χ2n) is 4.82. The molecule has 0 amide bonds. The van der Waals surface area contributed by atoms with Gasteiger partial charge in [0.2, 0.25) is 10.0 Å². The van der Waals surface area contributed by atoms with Gasteiger partial charge in [-0.15, -0.1) is 0 Å². The van der Waals surface area contributed by atoms with E-state index in [2.05, 4.69) is 4.72 Å². The monoisotopic (exact) mass is 321 g/mol. The molecule has 1 saturated carbocycles. The molecule has 1 aromatic rings. The minimum atomic E-state index is -4.15. The van der Waals surface area contributed by atoms with Crippen LogP contribution in [0.5, 0.6) is 0 Å². The number of halogens is 2. The molecule has 0 saturated heterocycles. The van der Waals surface area contributed by atoms with Crippen LogP contribution >= 0.6 is 11.6 Å². The van der Waals surface area contributed by atoms with Crippen LogP contribution in [0.2, 0.25) is 5.02 Å². The quantitative estimate of drug-likeness (QED) is 0.871. The van der Waals surface area contributed by atoms with E-state index in [0.29, 0.717) is 0 Å². The van der Waals surface area contributed by atoms with Crippen LogP contribution in [-0.2, 0) is 10.0 Å². The highest BCUT2D eigenvalue weighted by molar-refractivity contribution is 7.89. The summed E-state index contributed by atoms with van der Waals surface area (Å²) >= 11 is 5.66. The molecular formula is C12H13ClFNO4S. The molecule has 2 rings (SSSR count). The molecule has 1 aliphatic carbocycles. The summed E-state index contributed by atoms with van der Waals surface area (Å²) in [6, 6.07) is 1.46. The van der Waals surface area contributed by atoms with Crippen LogP contribution in [0.3, 0.4) is 0 Å². The predicted octanol–water partition coefficient (Wildman–Crippen LogP) is 2.25. The Bertz CT molecular complexity index is 658. The van der Waals surface area contributed by atoms with Crippen molar-refractivity contribution in [3.8, 4) is 0 Å². The van der Waals surface area contributed by atoms with Gasteiger partial charge in [-0.25, -0.2) is 22.3 Å². The van der Waals surface area contributed by atoms with E-state index in [1.54, 1.807) is 6.92 Å². The number of sulfonamides is 1. The summed E-state index contributed by atoms with van der Waals surface area (Å²) in [5.41, 5.74) is -0.767. The third kappa shape index (κ3) is 3.11. The van der Waals surface area contributed by atoms with E-state index in [-0.39, 0.29) is 17.0 Å². The molecule has 0 radical (unpaired) electrons. The van der Waals surface area contributed by atoms with Gasteiger partial charge < -0.3 is 5.11 Å². The summed E-state index contributed by atoms with van der Waals surface area (Å²) < 4.78 is 40.6. The molecular weight excluding hydrogens is 309 g/mol. The molecule has 20 heavy (non-hydrogen) atoms. The molecule has 1 aromatic carbocycles. The fourth-order valence-electron chi connectivity index (χ4n) is 1.92. The number of carbonyl (C=O) groups is 1. The van der Waals surface area contributed by atoms with Crippen LogP contribution in [0.25, 0.3) is 0 Å². The largest absolute Gasteiger partial charge is 0.478 e. The lowest BCUT2D eigenvalue weighted by Crippen LogP contribution is -2.34. The van der Waals surface area contributed by atoms with Crippen molar-refractivity contribution in [1.29, 1.82) is 0 Å². The number of carboxylic acid groups (broad SMARTS) is 1. The first-order valence-electron chi connectivity index (χ1n) is 5.97. The van der Waals surface area contributed by atoms with Gasteiger partial charge in [-0.2, -0.15) is 0 Å². The molecule has 2 N–H and O–H groups in total. The van der Waals surface area contributed by atoms with Gasteiger partial charge in [0.1, 0.15) is 4.90 Å². The normalized spacial score (nSPS) is 16.9. The van der Waals surface area contributed by atoms with Crippen molar-refractivity contribution >= 4 is 27.6 Å². The van der Waals surface area contributed by atoms with Crippen LogP contribution in [0.15, 0.2) is 17.0 Å². The zero-order valence-electron chi connectivity index (χ0n) is 10.6. The molecule has 110 valence electrons. The maximum absolute atomic E-state index is 14.0. The highest BCUT2D eigenvalue weighted by atomic mass is 35.5. The first-order valence-corrected chi connectivity index (χ1v) is 7.83. The maximum atomic E-state index is 14.0. The minimum Gasteiger partial charge on any atom is -0.478 e. The number of rotatable bonds is 5. The SMILES string of the molecule is CC(NS(=O)(=O)c1cc(Cl)cc(C(=O)O)c1F)C1CC1. The number of carboxylic acids is 1. The molecule has 8 heteroatoms. The Kier molecular flexibility index (Phi) is 4.04. The molecule has 1 fully saturated rings. The van der Waals surface area contributed by atoms with E-state index in [4.69, 9.17) is 16.7 Å². The topological polar surface area (TPSA) is 83.5 Å². The lowest BCUT2D eigenvalue weighted by Gasteiger charge is -2.14. The summed E-state index contributed by atoms with van der Waals surface area (Å²) in [6.45, 7) is 1.69. The number of nitrogens with one attached hydrogen (secondary N) is 1. The Morgan fingerprint density at radius 1 is 1.50 bits per heavy atom. The zero-order valence-corrected chi connectivity index (χ0v) is 12.1. The van der Waals surface area contributed by atoms with E-state index in [1.807, 2.05) is 0 Å². The van der Waals surface area contributed by atoms with Gasteiger partial charge in [0.25, 0.3) is 0 Å². The van der Waals surface area contributed by atoms with Crippen LogP contribution in [-0.4, -0.2) is 25.5 Å². The van der Waals surface area contributed by atoms with Crippen LogP contribution in [0.1, 0.15) is 30.1 Å². The highest BCUT2D eigenvalue weighted by Gasteiger charge is 2.33. The van der Waals surface area contributed by atoms with Crippen molar-refractivity contribution in [3.05, 3.63) is 28.5 Å². The summed E-state index contributed by atoms with van der Waals surface area (Å²) in [4.78, 5) is 10.1. The average molecular weight is 322 g/mol. The van der Waals surface area contributed by atoms with Crippen molar-refractivity contribution in [2.75, 3.05) is 0 Å². The molecule has 1 atom stereocenters. The highest BCUT2D eigenvalue weighted by Crippen LogP contribution is 2.33. The third-order valence-corrected chi connectivity index (χ3v) is 4.97. The third-order valence-electron chi connectivity index (χ3n) is 3.19. The van der Waals surface area contributed by atoms with Gasteiger partial charge in [-0.1, -0.05) is 11.6 Å². The molecule has 1 aliphatic rings. The first kappa shape index (κ1) is 15.2. The molecule has 1 unspecified atom stereocenters. The van der Waals surface area contributed by atoms with Gasteiger partial charge >= 0.3 is 5.97 Å². The molecule has 0 aliphatic heterocycles. The van der Waals surface area contributed by atoms with Crippen LogP contribution in [0, 0.1) is 11.7 Å². The fraction of sp³-hybridized carbons (Fsp3) is 0.417. The van der Waals surface area contributed by atoms with Gasteiger partial charge in [0.05, 0.1) is 5.56 Å². The Balaban J connectivity index is 2.42. The van der Waals surface area contributed by atoms with Gasteiger partial charge in [-0.3, -0.25) is 0 Å². The molecule has 0 bridgehead atoms. The Morgan fingerprint density at radius 3 is 2.60 bits per heavy atom. The number of hydrogen-bond acceptors (Lipinski definition) is 3. The fourth-order valence-corrected chi connectivity index (χ4v) is 3.64. The standard InChI is InChI=1S/C12H13ClFNO4S/c1-6(7-2-3-7)15-20(18,19)10-5-8(13)4-9(11(10)14)12(16)17/h4-7,15H,2-3H2,1H3,(H,16,17). The summed E-state index contributed by atoms with van der Waals surface area (Å²) in [5, 5.41) is 8.70. The summed E-state index contributed by atoms with van der Waals surface area (Å²) in [6.07, 6.45) is 1.84. The van der Waals surface area contributed by atoms with Gasteiger partial charge in [0, 0.05) is 11.1 Å². The Labute approximate surface area is 120 Å². The summed E-state index contributed by atoms with van der Waals surface area (Å²) in [5.74, 6) is -2.64. The smallest absolute Gasteiger partial charge is 0.338 e. The minimum absolute atomic E-state index is 0.150. The van der Waals surface area contributed by atoms with Crippen LogP contribution < -0.4 is 4.72 Å². The second-order valence-corrected chi connectivity index (χ2v) is 6.94. The van der Waals surface area contributed by atoms with Crippen molar-refractivity contribution in [3.63, 3.8) is 0 Å². The maximum Gasteiger partial charge on any atom is 0.338 e. The van der Waals surface area contributed by atoms with Gasteiger partial charge in [0.15, 0.2) is 5.82 Å². The molecule has 5 nitrogen and oxygen atoms in total. The van der Waals surface area contributed by atoms with E-state index < -0.39 is 32.3 Å². The van der Waals surface area contributed by atoms with Crippen molar-refractivity contribution in [2.45, 2.75) is 30.7 Å². The number of aromatic carboxylic acids is 1. The van der Waals surface area contributed by atoms with E-state index in [9.17, 15) is 17.6 Å². The second kappa shape index (κ2) is 5.31. The Hall–Kier alpha value is -1.18. The Morgan fingerprint density at radius 2 is 2.10 bits per heavy atom. The molecule has 0 spiro atoms. The first-order chi connectivity index (χ1) is 9.22. The van der Waals surface area contributed by atoms with Crippen molar-refractivity contribution in [2.24, 2.45) is 5.92 Å². The van der Waals surface area contributed by atoms with Gasteiger partial charge in [-0.05, 0) is 37.8 Å². The number of hydrogen-bond donors (Lipinski definition) is 2. The van der Waals surface area contributed by atoms with Crippen molar-refractivity contribution < 1.29 is 22.7 Å². The van der Waals surface area contributed by atoms with E-state index >= 15 is 0 Å². The van der Waals surface area contributed by atoms with Crippen LogP contribution in [0.4, 0.5) is 4.39 Å². The lowest BCUT2D eigenvalue weighted by molar-refractivity contribution is 0.0691. The predicted molar refractivity (Wildman–Crippen MR) is 70.9 cm³/mol.